The maximum atomic E-state index is 4.30. The van der Waals surface area contributed by atoms with Gasteiger partial charge in [0.1, 0.15) is 4.60 Å². The lowest BCUT2D eigenvalue weighted by Gasteiger charge is -2.32. The highest BCUT2D eigenvalue weighted by Crippen LogP contribution is 2.19. The highest BCUT2D eigenvalue weighted by atomic mass is 79.9. The molecule has 1 aliphatic rings. The van der Waals surface area contributed by atoms with Crippen LogP contribution in [0.5, 0.6) is 0 Å². The molecule has 0 radical (unpaired) electrons. The van der Waals surface area contributed by atoms with Crippen molar-refractivity contribution in [3.8, 4) is 0 Å². The van der Waals surface area contributed by atoms with E-state index >= 15 is 0 Å². The normalized spacial score (nSPS) is 21.5. The Morgan fingerprint density at radius 3 is 3.06 bits per heavy atom. The molecular weight excluding hydrogens is 278 g/mol. The van der Waals surface area contributed by atoms with Crippen LogP contribution in [0.25, 0.3) is 0 Å². The van der Waals surface area contributed by atoms with E-state index in [4.69, 9.17) is 0 Å². The van der Waals surface area contributed by atoms with Gasteiger partial charge in [-0.2, -0.15) is 0 Å². The number of nitrogens with one attached hydrogen (secondary N) is 1. The molecule has 1 aromatic heterocycles. The van der Waals surface area contributed by atoms with Gasteiger partial charge in [-0.3, -0.25) is 0 Å². The van der Waals surface area contributed by atoms with Crippen LogP contribution in [0.2, 0.25) is 0 Å². The number of pyridine rings is 1. The molecule has 1 saturated heterocycles. The minimum absolute atomic E-state index is 0.660. The van der Waals surface area contributed by atoms with E-state index in [1.165, 1.54) is 31.4 Å². The van der Waals surface area contributed by atoms with Gasteiger partial charge >= 0.3 is 0 Å². The molecule has 94 valence electrons. The predicted octanol–water partition coefficient (Wildman–Crippen LogP) is 3.05. The molecular formula is C13H20BrN3. The average molecular weight is 298 g/mol. The average Bonchev–Trinajstić information content (AvgIpc) is 2.32. The summed E-state index contributed by atoms with van der Waals surface area (Å²) < 4.78 is 0.929. The summed E-state index contributed by atoms with van der Waals surface area (Å²) >= 11 is 3.42. The van der Waals surface area contributed by atoms with Gasteiger partial charge in [-0.05, 0) is 60.9 Å². The van der Waals surface area contributed by atoms with E-state index in [1.807, 2.05) is 6.20 Å². The Hall–Kier alpha value is -0.610. The number of rotatable bonds is 3. The van der Waals surface area contributed by atoms with Gasteiger partial charge in [-0.25, -0.2) is 4.98 Å². The van der Waals surface area contributed by atoms with Crippen molar-refractivity contribution >= 4 is 21.6 Å². The van der Waals surface area contributed by atoms with Crippen LogP contribution < -0.4 is 5.32 Å². The molecule has 1 unspecified atom stereocenters. The van der Waals surface area contributed by atoms with Crippen molar-refractivity contribution in [2.75, 3.05) is 25.5 Å². The fraction of sp³-hybridized carbons (Fsp3) is 0.615. The molecule has 1 atom stereocenters. The van der Waals surface area contributed by atoms with E-state index in [9.17, 15) is 0 Å². The van der Waals surface area contributed by atoms with Gasteiger partial charge in [0.25, 0.3) is 0 Å². The molecule has 1 fully saturated rings. The minimum atomic E-state index is 0.660. The van der Waals surface area contributed by atoms with Crippen LogP contribution in [-0.4, -0.2) is 36.1 Å². The topological polar surface area (TPSA) is 28.2 Å². The lowest BCUT2D eigenvalue weighted by atomic mass is 10.0. The number of aryl methyl sites for hydroxylation is 1. The maximum absolute atomic E-state index is 4.30. The number of halogens is 1. The maximum Gasteiger partial charge on any atom is 0.109 e. The molecule has 0 bridgehead atoms. The fourth-order valence-electron chi connectivity index (χ4n) is 2.29. The summed E-state index contributed by atoms with van der Waals surface area (Å²) in [6.07, 6.45) is 5.88. The van der Waals surface area contributed by atoms with Crippen LogP contribution >= 0.6 is 15.9 Å². The molecule has 2 heterocycles. The number of likely N-dealkylation sites (tertiary alicyclic amines) is 1. The van der Waals surface area contributed by atoms with Gasteiger partial charge in [0.15, 0.2) is 0 Å². The molecule has 0 spiro atoms. The van der Waals surface area contributed by atoms with E-state index in [-0.39, 0.29) is 0 Å². The van der Waals surface area contributed by atoms with Crippen LogP contribution in [0.1, 0.15) is 24.8 Å². The van der Waals surface area contributed by atoms with Crippen molar-refractivity contribution in [2.24, 2.45) is 0 Å². The van der Waals surface area contributed by atoms with Crippen molar-refractivity contribution in [1.82, 2.24) is 9.88 Å². The smallest absolute Gasteiger partial charge is 0.109 e. The second kappa shape index (κ2) is 5.83. The van der Waals surface area contributed by atoms with Crippen molar-refractivity contribution in [2.45, 2.75) is 32.2 Å². The summed E-state index contributed by atoms with van der Waals surface area (Å²) in [5.41, 5.74) is 2.29. The standard InChI is InChI=1S/C13H20BrN3/c1-10-7-11(8-16-13(10)14)15-9-12-5-3-4-6-17(12)2/h7-8,12,15H,3-6,9H2,1-2H3. The third-order valence-corrected chi connectivity index (χ3v) is 4.31. The SMILES string of the molecule is Cc1cc(NCC2CCCCN2C)cnc1Br. The highest BCUT2D eigenvalue weighted by molar-refractivity contribution is 9.10. The van der Waals surface area contributed by atoms with Gasteiger partial charge < -0.3 is 10.2 Å². The number of hydrogen-bond donors (Lipinski definition) is 1. The van der Waals surface area contributed by atoms with E-state index in [2.05, 4.69) is 51.2 Å². The molecule has 0 saturated carbocycles. The Bertz CT molecular complexity index is 381. The highest BCUT2D eigenvalue weighted by Gasteiger charge is 2.18. The van der Waals surface area contributed by atoms with Gasteiger partial charge in [-0.1, -0.05) is 6.42 Å². The molecule has 17 heavy (non-hydrogen) atoms. The molecule has 3 nitrogen and oxygen atoms in total. The summed E-state index contributed by atoms with van der Waals surface area (Å²) in [4.78, 5) is 6.76. The van der Waals surface area contributed by atoms with Crippen molar-refractivity contribution in [3.63, 3.8) is 0 Å². The first-order valence-electron chi connectivity index (χ1n) is 6.23. The molecule has 4 heteroatoms. The first-order valence-corrected chi connectivity index (χ1v) is 7.02. The van der Waals surface area contributed by atoms with Gasteiger partial charge in [0, 0.05) is 12.6 Å². The van der Waals surface area contributed by atoms with Gasteiger partial charge in [0.2, 0.25) is 0 Å². The van der Waals surface area contributed by atoms with Gasteiger partial charge in [-0.15, -0.1) is 0 Å². The van der Waals surface area contributed by atoms with Crippen molar-refractivity contribution in [3.05, 3.63) is 22.4 Å². The first-order chi connectivity index (χ1) is 8.16. The largest absolute Gasteiger partial charge is 0.382 e. The summed E-state index contributed by atoms with van der Waals surface area (Å²) in [5, 5.41) is 3.49. The Balaban J connectivity index is 1.90. The zero-order chi connectivity index (χ0) is 12.3. The lowest BCUT2D eigenvalue weighted by Crippen LogP contribution is -2.40. The lowest BCUT2D eigenvalue weighted by molar-refractivity contribution is 0.194. The van der Waals surface area contributed by atoms with Crippen LogP contribution in [0.15, 0.2) is 16.9 Å². The summed E-state index contributed by atoms with van der Waals surface area (Å²) in [6.45, 7) is 4.30. The Kier molecular flexibility index (Phi) is 4.40. The van der Waals surface area contributed by atoms with Crippen LogP contribution in [0.3, 0.4) is 0 Å². The zero-order valence-corrected chi connectivity index (χ0v) is 12.1. The predicted molar refractivity (Wildman–Crippen MR) is 75.4 cm³/mol. The molecule has 1 N–H and O–H groups in total. The Morgan fingerprint density at radius 2 is 2.35 bits per heavy atom. The van der Waals surface area contributed by atoms with E-state index in [0.717, 1.165) is 16.8 Å². The minimum Gasteiger partial charge on any atom is -0.382 e. The van der Waals surface area contributed by atoms with Crippen LogP contribution in [0, 0.1) is 6.92 Å². The fourth-order valence-corrected chi connectivity index (χ4v) is 2.51. The zero-order valence-electron chi connectivity index (χ0n) is 10.5. The quantitative estimate of drug-likeness (QED) is 0.869. The number of piperidine rings is 1. The van der Waals surface area contributed by atoms with E-state index in [1.54, 1.807) is 0 Å². The molecule has 0 amide bonds. The molecule has 2 rings (SSSR count). The van der Waals surface area contributed by atoms with E-state index < -0.39 is 0 Å². The summed E-state index contributed by atoms with van der Waals surface area (Å²) in [5.74, 6) is 0. The second-order valence-electron chi connectivity index (χ2n) is 4.84. The van der Waals surface area contributed by atoms with Crippen LogP contribution in [-0.2, 0) is 0 Å². The number of nitrogens with zero attached hydrogens (tertiary/aromatic N) is 2. The molecule has 0 aromatic carbocycles. The number of anilines is 1. The Labute approximate surface area is 112 Å². The summed E-state index contributed by atoms with van der Waals surface area (Å²) in [7, 11) is 2.22. The monoisotopic (exact) mass is 297 g/mol. The number of hydrogen-bond acceptors (Lipinski definition) is 3. The van der Waals surface area contributed by atoms with Gasteiger partial charge in [0.05, 0.1) is 11.9 Å². The third-order valence-electron chi connectivity index (χ3n) is 3.48. The van der Waals surface area contributed by atoms with Crippen molar-refractivity contribution < 1.29 is 0 Å². The third kappa shape index (κ3) is 3.42. The van der Waals surface area contributed by atoms with Crippen LogP contribution in [0.4, 0.5) is 5.69 Å². The summed E-state index contributed by atoms with van der Waals surface area (Å²) in [6, 6.07) is 2.80. The first kappa shape index (κ1) is 12.8. The molecule has 1 aromatic rings. The second-order valence-corrected chi connectivity index (χ2v) is 5.59. The molecule has 1 aliphatic heterocycles. The van der Waals surface area contributed by atoms with Crippen molar-refractivity contribution in [1.29, 1.82) is 0 Å². The number of aromatic nitrogens is 1. The van der Waals surface area contributed by atoms with E-state index in [0.29, 0.717) is 6.04 Å². The number of likely N-dealkylation sites (N-methyl/N-ethyl adjacent to an activating group) is 1. The Morgan fingerprint density at radius 1 is 1.53 bits per heavy atom. The molecule has 0 aliphatic carbocycles.